The summed E-state index contributed by atoms with van der Waals surface area (Å²) >= 11 is 0. The summed E-state index contributed by atoms with van der Waals surface area (Å²) in [6.07, 6.45) is 11.4. The van der Waals surface area contributed by atoms with Crippen LogP contribution in [-0.2, 0) is 6.42 Å². The van der Waals surface area contributed by atoms with Crippen molar-refractivity contribution in [3.05, 3.63) is 64.6 Å². The Balaban J connectivity index is 1.76. The van der Waals surface area contributed by atoms with E-state index in [4.69, 9.17) is 15.2 Å². The Morgan fingerprint density at radius 3 is 2.79 bits per heavy atom. The lowest BCUT2D eigenvalue weighted by atomic mass is 10.1. The van der Waals surface area contributed by atoms with Crippen molar-refractivity contribution in [3.8, 4) is 11.5 Å². The van der Waals surface area contributed by atoms with Crippen LogP contribution in [0, 0.1) is 13.1 Å². The van der Waals surface area contributed by atoms with E-state index in [1.54, 1.807) is 7.11 Å². The van der Waals surface area contributed by atoms with E-state index >= 15 is 0 Å². The number of aromatic nitrogens is 2. The third-order valence-electron chi connectivity index (χ3n) is 5.06. The van der Waals surface area contributed by atoms with Crippen molar-refractivity contribution in [2.45, 2.75) is 20.3 Å². The Hall–Kier alpha value is -3.05. The third kappa shape index (κ3) is 2.98. The third-order valence-corrected chi connectivity index (χ3v) is 5.06. The fourth-order valence-corrected chi connectivity index (χ4v) is 3.91. The lowest BCUT2D eigenvalue weighted by molar-refractivity contribution is -0.583. The fraction of sp³-hybridized carbons (Fsp3) is 0.261. The van der Waals surface area contributed by atoms with Gasteiger partial charge >= 0.3 is 0 Å². The summed E-state index contributed by atoms with van der Waals surface area (Å²) in [5.41, 5.74) is 13.1. The molecule has 0 radical (unpaired) electrons. The second kappa shape index (κ2) is 7.52. The average Bonchev–Trinajstić information content (AvgIpc) is 3.36. The molecule has 3 heterocycles. The molecule has 1 aromatic carbocycles. The number of methoxy groups -OCH3 is 1. The fourth-order valence-electron chi connectivity index (χ4n) is 3.91. The average molecular weight is 376 g/mol. The Labute approximate surface area is 165 Å². The molecule has 0 amide bonds. The highest BCUT2D eigenvalue weighted by Crippen LogP contribution is 2.29. The molecule has 3 aromatic rings. The molecule has 5 nitrogen and oxygen atoms in total. The number of allylic oxidation sites excluding steroid dienone is 1. The van der Waals surface area contributed by atoms with Crippen LogP contribution in [0.3, 0.4) is 0 Å². The first-order valence-electron chi connectivity index (χ1n) is 9.63. The number of fused-ring (bicyclic) bond motifs is 3. The van der Waals surface area contributed by atoms with E-state index in [1.165, 1.54) is 22.3 Å². The zero-order valence-corrected chi connectivity index (χ0v) is 16.6. The molecule has 0 saturated heterocycles. The minimum Gasteiger partial charge on any atom is -0.493 e. The SMILES string of the molecule is CCOc1ccc(/C=C/c2cc(C)c3c(CCN)c4[n+](n23)=CC=C4)cc1OC. The van der Waals surface area contributed by atoms with Crippen LogP contribution in [0.4, 0.5) is 0 Å². The molecule has 28 heavy (non-hydrogen) atoms. The molecular formula is C23H26N3O2+. The van der Waals surface area contributed by atoms with Gasteiger partial charge in [-0.3, -0.25) is 0 Å². The quantitative estimate of drug-likeness (QED) is 0.643. The zero-order chi connectivity index (χ0) is 19.7. The summed E-state index contributed by atoms with van der Waals surface area (Å²) in [4.78, 5) is 0. The van der Waals surface area contributed by atoms with Gasteiger partial charge in [0.1, 0.15) is 11.2 Å². The van der Waals surface area contributed by atoms with Crippen molar-refractivity contribution in [1.82, 2.24) is 4.52 Å². The molecule has 144 valence electrons. The molecule has 2 N–H and O–H groups in total. The van der Waals surface area contributed by atoms with Gasteiger partial charge in [-0.05, 0) is 62.2 Å². The standard InChI is InChI=1S/C23H26N3O2/c1-4-28-21-10-8-17(15-22(21)27-3)7-9-18-14-16(2)23-19(11-12-24)20-6-5-13-25(20)26(18)23/h5-10,13-15H,4,11-12,24H2,1-3H3/q+1/b9-7+. The molecule has 0 saturated carbocycles. The number of ether oxygens (including phenoxy) is 2. The van der Waals surface area contributed by atoms with Crippen LogP contribution in [0.5, 0.6) is 11.5 Å². The molecule has 0 fully saturated rings. The predicted molar refractivity (Wildman–Crippen MR) is 113 cm³/mol. The molecule has 1 aliphatic rings. The maximum absolute atomic E-state index is 5.87. The van der Waals surface area contributed by atoms with Crippen molar-refractivity contribution in [1.29, 1.82) is 0 Å². The summed E-state index contributed by atoms with van der Waals surface area (Å²) in [7, 11) is 1.66. The van der Waals surface area contributed by atoms with Crippen LogP contribution in [0.2, 0.25) is 0 Å². The normalized spacial score (nSPS) is 12.7. The van der Waals surface area contributed by atoms with E-state index in [9.17, 15) is 0 Å². The highest BCUT2D eigenvalue weighted by Gasteiger charge is 2.26. The van der Waals surface area contributed by atoms with Gasteiger partial charge in [0.2, 0.25) is 11.9 Å². The van der Waals surface area contributed by atoms with Crippen LogP contribution < -0.4 is 19.6 Å². The van der Waals surface area contributed by atoms with E-state index in [-0.39, 0.29) is 0 Å². The minimum atomic E-state index is 0.613. The van der Waals surface area contributed by atoms with Crippen molar-refractivity contribution < 1.29 is 13.8 Å². The first kappa shape index (κ1) is 18.3. The van der Waals surface area contributed by atoms with Crippen molar-refractivity contribution in [2.75, 3.05) is 20.3 Å². The second-order valence-corrected chi connectivity index (χ2v) is 6.84. The Morgan fingerprint density at radius 2 is 2.04 bits per heavy atom. The number of nitrogens with two attached hydrogens (primary N) is 1. The molecule has 0 spiro atoms. The van der Waals surface area contributed by atoms with Gasteiger partial charge in [-0.15, -0.1) is 4.52 Å². The number of hydrogen-bond donors (Lipinski definition) is 1. The molecule has 0 unspecified atom stereocenters. The van der Waals surface area contributed by atoms with Crippen molar-refractivity contribution in [2.24, 2.45) is 5.73 Å². The summed E-state index contributed by atoms with van der Waals surface area (Å²) in [6, 6.07) is 8.21. The number of benzene rings is 1. The van der Waals surface area contributed by atoms with E-state index in [2.05, 4.69) is 52.4 Å². The number of rotatable bonds is 7. The summed E-state index contributed by atoms with van der Waals surface area (Å²) in [5, 5.41) is 0. The largest absolute Gasteiger partial charge is 0.493 e. The molecular weight excluding hydrogens is 350 g/mol. The van der Waals surface area contributed by atoms with Crippen LogP contribution >= 0.6 is 0 Å². The van der Waals surface area contributed by atoms with Gasteiger partial charge in [-0.1, -0.05) is 16.5 Å². The topological polar surface area (TPSA) is 54.8 Å². The number of aryl methyl sites for hydroxylation is 1. The first-order chi connectivity index (χ1) is 13.7. The van der Waals surface area contributed by atoms with Crippen LogP contribution in [0.1, 0.15) is 35.0 Å². The van der Waals surface area contributed by atoms with E-state index in [0.717, 1.165) is 29.2 Å². The van der Waals surface area contributed by atoms with Gasteiger partial charge in [-0.25, -0.2) is 0 Å². The molecule has 5 heteroatoms. The highest BCUT2D eigenvalue weighted by atomic mass is 16.5. The maximum atomic E-state index is 5.87. The first-order valence-corrected chi connectivity index (χ1v) is 9.63. The maximum Gasteiger partial charge on any atom is 0.242 e. The van der Waals surface area contributed by atoms with Crippen LogP contribution in [0.15, 0.2) is 30.3 Å². The summed E-state index contributed by atoms with van der Waals surface area (Å²) < 4.78 is 15.5. The molecule has 0 atom stereocenters. The molecule has 4 rings (SSSR count). The van der Waals surface area contributed by atoms with E-state index < -0.39 is 0 Å². The van der Waals surface area contributed by atoms with Crippen molar-refractivity contribution in [3.63, 3.8) is 0 Å². The Morgan fingerprint density at radius 1 is 1.18 bits per heavy atom. The lowest BCUT2D eigenvalue weighted by Gasteiger charge is -2.09. The molecule has 0 bridgehead atoms. The highest BCUT2D eigenvalue weighted by molar-refractivity contribution is 5.76. The molecule has 2 aromatic heterocycles. The lowest BCUT2D eigenvalue weighted by Crippen LogP contribution is -2.24. The second-order valence-electron chi connectivity index (χ2n) is 6.84. The summed E-state index contributed by atoms with van der Waals surface area (Å²) in [5.74, 6) is 1.51. The van der Waals surface area contributed by atoms with E-state index in [0.29, 0.717) is 13.2 Å². The Bertz CT molecular complexity index is 1140. The van der Waals surface area contributed by atoms with E-state index in [1.807, 2.05) is 25.1 Å². The number of hydrogen-bond acceptors (Lipinski definition) is 3. The van der Waals surface area contributed by atoms with Crippen LogP contribution in [-0.4, -0.2) is 24.8 Å². The van der Waals surface area contributed by atoms with Gasteiger partial charge in [0.25, 0.3) is 0 Å². The minimum absolute atomic E-state index is 0.613. The van der Waals surface area contributed by atoms with Gasteiger partial charge < -0.3 is 15.2 Å². The smallest absolute Gasteiger partial charge is 0.242 e. The van der Waals surface area contributed by atoms with Gasteiger partial charge in [0.15, 0.2) is 11.5 Å². The van der Waals surface area contributed by atoms with Gasteiger partial charge in [-0.2, -0.15) is 0 Å². The number of nitrogens with zero attached hydrogens (tertiary/aromatic N) is 2. The zero-order valence-electron chi connectivity index (χ0n) is 16.6. The van der Waals surface area contributed by atoms with Gasteiger partial charge in [0.05, 0.1) is 19.3 Å². The van der Waals surface area contributed by atoms with Crippen LogP contribution in [0.25, 0.3) is 23.7 Å². The Kier molecular flexibility index (Phi) is 4.92. The van der Waals surface area contributed by atoms with Crippen molar-refractivity contribution >= 4 is 23.7 Å². The predicted octanol–water partition coefficient (Wildman–Crippen LogP) is 3.37. The molecule has 1 aliphatic heterocycles. The summed E-state index contributed by atoms with van der Waals surface area (Å²) in [6.45, 7) is 5.38. The van der Waals surface area contributed by atoms with Gasteiger partial charge in [0, 0.05) is 12.2 Å². The molecule has 0 aliphatic carbocycles. The monoisotopic (exact) mass is 376 g/mol.